The maximum absolute atomic E-state index is 11.0. The number of hydrogen-bond donors (Lipinski definition) is 2. The second kappa shape index (κ2) is 6.99. The molecule has 0 saturated heterocycles. The first-order valence-corrected chi connectivity index (χ1v) is 6.22. The van der Waals surface area contributed by atoms with Gasteiger partial charge in [0, 0.05) is 18.0 Å². The molecule has 2 atom stereocenters. The molecule has 1 aromatic carbocycles. The van der Waals surface area contributed by atoms with E-state index in [1.165, 1.54) is 0 Å². The van der Waals surface area contributed by atoms with Crippen LogP contribution in [0.2, 0.25) is 0 Å². The Hall–Kier alpha value is -1.75. The number of ether oxygens (including phenoxy) is 2. The third-order valence-corrected chi connectivity index (χ3v) is 3.18. The molecule has 1 aromatic rings. The monoisotopic (exact) mass is 267 g/mol. The molecule has 106 valence electrons. The molecule has 0 spiro atoms. The molecule has 0 heterocycles. The molecule has 0 aliphatic heterocycles. The van der Waals surface area contributed by atoms with E-state index in [-0.39, 0.29) is 18.4 Å². The average Bonchev–Trinajstić information content (AvgIpc) is 2.42. The molecular formula is C14H21NO4. The van der Waals surface area contributed by atoms with Gasteiger partial charge in [-0.05, 0) is 24.1 Å². The summed E-state index contributed by atoms with van der Waals surface area (Å²) >= 11 is 0. The van der Waals surface area contributed by atoms with Crippen molar-refractivity contribution in [2.75, 3.05) is 14.2 Å². The summed E-state index contributed by atoms with van der Waals surface area (Å²) in [7, 11) is 3.12. The summed E-state index contributed by atoms with van der Waals surface area (Å²) in [5.74, 6) is 0.142. The van der Waals surface area contributed by atoms with Crippen LogP contribution in [0.15, 0.2) is 18.2 Å². The molecular weight excluding hydrogens is 246 g/mol. The molecule has 19 heavy (non-hydrogen) atoms. The van der Waals surface area contributed by atoms with Crippen molar-refractivity contribution in [2.24, 2.45) is 5.73 Å². The Morgan fingerprint density at radius 1 is 1.26 bits per heavy atom. The van der Waals surface area contributed by atoms with Crippen molar-refractivity contribution in [3.8, 4) is 11.5 Å². The van der Waals surface area contributed by atoms with E-state index in [2.05, 4.69) is 0 Å². The van der Waals surface area contributed by atoms with Crippen molar-refractivity contribution in [3.05, 3.63) is 23.8 Å². The first-order chi connectivity index (χ1) is 9.01. The molecule has 3 N–H and O–H groups in total. The molecule has 5 heteroatoms. The van der Waals surface area contributed by atoms with E-state index in [0.717, 1.165) is 5.56 Å². The number of carboxylic acids is 1. The maximum atomic E-state index is 11.0. The molecule has 0 radical (unpaired) electrons. The molecule has 0 fully saturated rings. The first kappa shape index (κ1) is 15.3. The van der Waals surface area contributed by atoms with Crippen molar-refractivity contribution in [2.45, 2.75) is 31.7 Å². The number of rotatable bonds is 7. The SMILES string of the molecule is CCC(N)C(CC(=O)O)c1cc(OC)cc(OC)c1. The number of methoxy groups -OCH3 is 2. The lowest BCUT2D eigenvalue weighted by Gasteiger charge is -2.22. The van der Waals surface area contributed by atoms with E-state index in [4.69, 9.17) is 20.3 Å². The zero-order valence-electron chi connectivity index (χ0n) is 11.6. The van der Waals surface area contributed by atoms with Crippen LogP contribution in [0.5, 0.6) is 11.5 Å². The molecule has 0 amide bonds. The zero-order chi connectivity index (χ0) is 14.4. The van der Waals surface area contributed by atoms with Crippen molar-refractivity contribution in [3.63, 3.8) is 0 Å². The molecule has 0 aliphatic carbocycles. The molecule has 0 aromatic heterocycles. The fraction of sp³-hybridized carbons (Fsp3) is 0.500. The Morgan fingerprint density at radius 2 is 1.79 bits per heavy atom. The minimum Gasteiger partial charge on any atom is -0.497 e. The van der Waals surface area contributed by atoms with Gasteiger partial charge in [0.1, 0.15) is 11.5 Å². The Kier molecular flexibility index (Phi) is 5.63. The summed E-state index contributed by atoms with van der Waals surface area (Å²) in [6, 6.07) is 5.16. The maximum Gasteiger partial charge on any atom is 0.304 e. The van der Waals surface area contributed by atoms with E-state index in [1.807, 2.05) is 19.1 Å². The number of carboxylic acid groups (broad SMARTS) is 1. The van der Waals surface area contributed by atoms with E-state index in [0.29, 0.717) is 17.9 Å². The third kappa shape index (κ3) is 4.13. The van der Waals surface area contributed by atoms with Crippen LogP contribution in [0.1, 0.15) is 31.2 Å². The normalized spacial score (nSPS) is 13.7. The van der Waals surface area contributed by atoms with Crippen LogP contribution >= 0.6 is 0 Å². The summed E-state index contributed by atoms with van der Waals surface area (Å²) in [4.78, 5) is 11.0. The minimum atomic E-state index is -0.865. The van der Waals surface area contributed by atoms with Crippen LogP contribution in [0.4, 0.5) is 0 Å². The van der Waals surface area contributed by atoms with Crippen molar-refractivity contribution >= 4 is 5.97 Å². The number of carbonyl (C=O) groups is 1. The van der Waals surface area contributed by atoms with Gasteiger partial charge >= 0.3 is 5.97 Å². The second-order valence-corrected chi connectivity index (χ2v) is 4.42. The van der Waals surface area contributed by atoms with Gasteiger partial charge in [-0.3, -0.25) is 4.79 Å². The van der Waals surface area contributed by atoms with Crippen LogP contribution in [-0.2, 0) is 4.79 Å². The lowest BCUT2D eigenvalue weighted by molar-refractivity contribution is -0.137. The summed E-state index contributed by atoms with van der Waals surface area (Å²) in [5.41, 5.74) is 6.86. The predicted octanol–water partition coefficient (Wildman–Crippen LogP) is 2.00. The van der Waals surface area contributed by atoms with Gasteiger partial charge in [-0.25, -0.2) is 0 Å². The standard InChI is InChI=1S/C14H21NO4/c1-4-13(15)12(8-14(16)17)9-5-10(18-2)7-11(6-9)19-3/h5-7,12-13H,4,8,15H2,1-3H3,(H,16,17). The van der Waals surface area contributed by atoms with E-state index < -0.39 is 5.97 Å². The summed E-state index contributed by atoms with van der Waals surface area (Å²) in [6.07, 6.45) is 0.697. The van der Waals surface area contributed by atoms with Gasteiger partial charge in [0.15, 0.2) is 0 Å². The average molecular weight is 267 g/mol. The number of nitrogens with two attached hydrogens (primary N) is 1. The van der Waals surface area contributed by atoms with Crippen molar-refractivity contribution in [1.29, 1.82) is 0 Å². The Bertz CT molecular complexity index is 411. The molecule has 5 nitrogen and oxygen atoms in total. The highest BCUT2D eigenvalue weighted by atomic mass is 16.5. The highest BCUT2D eigenvalue weighted by Gasteiger charge is 2.23. The van der Waals surface area contributed by atoms with E-state index in [9.17, 15) is 4.79 Å². The fourth-order valence-electron chi connectivity index (χ4n) is 2.03. The molecule has 0 bridgehead atoms. The van der Waals surface area contributed by atoms with Crippen molar-refractivity contribution in [1.82, 2.24) is 0 Å². The number of aliphatic carboxylic acids is 1. The Morgan fingerprint density at radius 3 is 2.16 bits per heavy atom. The molecule has 0 saturated carbocycles. The summed E-state index contributed by atoms with van der Waals surface area (Å²) < 4.78 is 10.4. The summed E-state index contributed by atoms with van der Waals surface area (Å²) in [6.45, 7) is 1.94. The van der Waals surface area contributed by atoms with E-state index >= 15 is 0 Å². The molecule has 1 rings (SSSR count). The molecule has 0 aliphatic rings. The van der Waals surface area contributed by atoms with Crippen LogP contribution in [0, 0.1) is 0 Å². The second-order valence-electron chi connectivity index (χ2n) is 4.42. The van der Waals surface area contributed by atoms with Gasteiger partial charge in [0.2, 0.25) is 0 Å². The van der Waals surface area contributed by atoms with Gasteiger partial charge in [0.05, 0.1) is 20.6 Å². The number of hydrogen-bond acceptors (Lipinski definition) is 4. The van der Waals surface area contributed by atoms with Gasteiger partial charge in [0.25, 0.3) is 0 Å². The topological polar surface area (TPSA) is 81.8 Å². The van der Waals surface area contributed by atoms with Gasteiger partial charge < -0.3 is 20.3 Å². The smallest absolute Gasteiger partial charge is 0.304 e. The lowest BCUT2D eigenvalue weighted by Crippen LogP contribution is -2.29. The zero-order valence-corrected chi connectivity index (χ0v) is 11.6. The Balaban J connectivity index is 3.16. The van der Waals surface area contributed by atoms with Crippen LogP contribution in [0.25, 0.3) is 0 Å². The Labute approximate surface area is 113 Å². The highest BCUT2D eigenvalue weighted by Crippen LogP contribution is 2.31. The minimum absolute atomic E-state index is 0.00860. The largest absolute Gasteiger partial charge is 0.497 e. The van der Waals surface area contributed by atoms with Gasteiger partial charge in [-0.1, -0.05) is 6.92 Å². The molecule has 2 unspecified atom stereocenters. The van der Waals surface area contributed by atoms with Crippen LogP contribution in [0.3, 0.4) is 0 Å². The van der Waals surface area contributed by atoms with Gasteiger partial charge in [-0.2, -0.15) is 0 Å². The van der Waals surface area contributed by atoms with Crippen LogP contribution in [-0.4, -0.2) is 31.3 Å². The number of benzene rings is 1. The summed E-state index contributed by atoms with van der Waals surface area (Å²) in [5, 5.41) is 9.02. The van der Waals surface area contributed by atoms with Gasteiger partial charge in [-0.15, -0.1) is 0 Å². The van der Waals surface area contributed by atoms with Crippen LogP contribution < -0.4 is 15.2 Å². The first-order valence-electron chi connectivity index (χ1n) is 6.22. The lowest BCUT2D eigenvalue weighted by atomic mass is 9.87. The van der Waals surface area contributed by atoms with Crippen molar-refractivity contribution < 1.29 is 19.4 Å². The highest BCUT2D eigenvalue weighted by molar-refractivity contribution is 5.68. The van der Waals surface area contributed by atoms with E-state index in [1.54, 1.807) is 20.3 Å². The predicted molar refractivity (Wildman–Crippen MR) is 72.8 cm³/mol. The fourth-order valence-corrected chi connectivity index (χ4v) is 2.03. The quantitative estimate of drug-likeness (QED) is 0.789. The third-order valence-electron chi connectivity index (χ3n) is 3.18.